The summed E-state index contributed by atoms with van der Waals surface area (Å²) in [5.41, 5.74) is 1.58. The van der Waals surface area contributed by atoms with Crippen LogP contribution in [0.15, 0.2) is 97.1 Å². The minimum atomic E-state index is -0.480. The highest BCUT2D eigenvalue weighted by Gasteiger charge is 2.22. The normalized spacial score (nSPS) is 16.7. The van der Waals surface area contributed by atoms with Gasteiger partial charge in [-0.1, -0.05) is 30.3 Å². The van der Waals surface area contributed by atoms with Crippen LogP contribution in [0.5, 0.6) is 17.2 Å². The van der Waals surface area contributed by atoms with Gasteiger partial charge in [0.25, 0.3) is 5.91 Å². The molecule has 8 nitrogen and oxygen atoms in total. The SMILES string of the molecule is CN(C(=O)c1ccc2cc(OCCC3CO3)ccc2c1)c1cccc(OC(=O)c2ccc3cc(OCCC4CO4)ccc3c2)c1. The van der Waals surface area contributed by atoms with Gasteiger partial charge in [0.05, 0.1) is 44.2 Å². The van der Waals surface area contributed by atoms with E-state index in [1.165, 1.54) is 0 Å². The Morgan fingerprint density at radius 3 is 1.80 bits per heavy atom. The smallest absolute Gasteiger partial charge is 0.343 e. The van der Waals surface area contributed by atoms with E-state index >= 15 is 0 Å². The summed E-state index contributed by atoms with van der Waals surface area (Å²) in [5.74, 6) is 1.27. The summed E-state index contributed by atoms with van der Waals surface area (Å²) in [6, 6.07) is 29.6. The molecular weight excluding hydrogens is 570 g/mol. The van der Waals surface area contributed by atoms with Gasteiger partial charge in [0, 0.05) is 37.2 Å². The number of esters is 1. The van der Waals surface area contributed by atoms with Crippen molar-refractivity contribution in [1.82, 2.24) is 0 Å². The Morgan fingerprint density at radius 2 is 1.20 bits per heavy atom. The molecule has 7 rings (SSSR count). The number of benzene rings is 5. The molecule has 0 aliphatic carbocycles. The Morgan fingerprint density at radius 1 is 0.667 bits per heavy atom. The van der Waals surface area contributed by atoms with Crippen LogP contribution >= 0.6 is 0 Å². The van der Waals surface area contributed by atoms with E-state index in [0.717, 1.165) is 59.1 Å². The molecule has 0 saturated carbocycles. The molecule has 2 saturated heterocycles. The van der Waals surface area contributed by atoms with Gasteiger partial charge in [-0.3, -0.25) is 4.79 Å². The fourth-order valence-corrected chi connectivity index (χ4v) is 5.21. The predicted octanol–water partition coefficient (Wildman–Crippen LogP) is 6.82. The topological polar surface area (TPSA) is 90.1 Å². The summed E-state index contributed by atoms with van der Waals surface area (Å²) in [7, 11) is 1.70. The number of ether oxygens (including phenoxy) is 5. The van der Waals surface area contributed by atoms with Crippen molar-refractivity contribution in [3.05, 3.63) is 108 Å². The quantitative estimate of drug-likeness (QED) is 0.0878. The molecule has 8 heteroatoms. The first kappa shape index (κ1) is 28.8. The van der Waals surface area contributed by atoms with Crippen LogP contribution in [0.1, 0.15) is 33.6 Å². The maximum absolute atomic E-state index is 13.4. The number of epoxide rings is 2. The van der Waals surface area contributed by atoms with Crippen molar-refractivity contribution >= 4 is 39.1 Å². The van der Waals surface area contributed by atoms with E-state index in [9.17, 15) is 9.59 Å². The number of anilines is 1. The van der Waals surface area contributed by atoms with Crippen molar-refractivity contribution < 1.29 is 33.3 Å². The zero-order chi connectivity index (χ0) is 30.8. The lowest BCUT2D eigenvalue weighted by atomic mass is 10.1. The maximum Gasteiger partial charge on any atom is 0.343 e. The molecule has 0 bridgehead atoms. The van der Waals surface area contributed by atoms with Crippen molar-refractivity contribution in [1.29, 1.82) is 0 Å². The molecule has 0 N–H and O–H groups in total. The van der Waals surface area contributed by atoms with Crippen LogP contribution in [0.4, 0.5) is 5.69 Å². The number of rotatable bonds is 12. The monoisotopic (exact) mass is 603 g/mol. The second-order valence-corrected chi connectivity index (χ2v) is 11.4. The lowest BCUT2D eigenvalue weighted by Gasteiger charge is -2.18. The van der Waals surface area contributed by atoms with Crippen molar-refractivity contribution in [2.45, 2.75) is 25.0 Å². The van der Waals surface area contributed by atoms with Gasteiger partial charge in [-0.05, 0) is 82.2 Å². The molecule has 5 aromatic rings. The fraction of sp³-hybridized carbons (Fsp3) is 0.243. The summed E-state index contributed by atoms with van der Waals surface area (Å²) in [6.07, 6.45) is 2.43. The number of fused-ring (bicyclic) bond motifs is 2. The van der Waals surface area contributed by atoms with Crippen molar-refractivity contribution in [2.75, 3.05) is 38.4 Å². The summed E-state index contributed by atoms with van der Waals surface area (Å²) < 4.78 is 27.8. The Balaban J connectivity index is 0.991. The molecule has 2 heterocycles. The van der Waals surface area contributed by atoms with Gasteiger partial charge in [-0.25, -0.2) is 4.79 Å². The molecular formula is C37H33NO7. The zero-order valence-electron chi connectivity index (χ0n) is 24.9. The van der Waals surface area contributed by atoms with E-state index in [1.807, 2.05) is 60.7 Å². The Labute approximate surface area is 261 Å². The van der Waals surface area contributed by atoms with E-state index < -0.39 is 5.97 Å². The van der Waals surface area contributed by atoms with E-state index in [2.05, 4.69) is 0 Å². The molecule has 45 heavy (non-hydrogen) atoms. The molecule has 0 spiro atoms. The third-order valence-electron chi connectivity index (χ3n) is 8.05. The highest BCUT2D eigenvalue weighted by Crippen LogP contribution is 2.27. The number of carbonyl (C=O) groups excluding carboxylic acids is 2. The van der Waals surface area contributed by atoms with Crippen molar-refractivity contribution in [3.63, 3.8) is 0 Å². The van der Waals surface area contributed by atoms with Crippen LogP contribution in [0, 0.1) is 0 Å². The van der Waals surface area contributed by atoms with Crippen molar-refractivity contribution in [3.8, 4) is 17.2 Å². The highest BCUT2D eigenvalue weighted by molar-refractivity contribution is 6.08. The van der Waals surface area contributed by atoms with Gasteiger partial charge in [-0.15, -0.1) is 0 Å². The molecule has 2 fully saturated rings. The van der Waals surface area contributed by atoms with Gasteiger partial charge >= 0.3 is 5.97 Å². The lowest BCUT2D eigenvalue weighted by Crippen LogP contribution is -2.26. The first-order valence-electron chi connectivity index (χ1n) is 15.2. The maximum atomic E-state index is 13.4. The number of nitrogens with zero attached hydrogens (tertiary/aromatic N) is 1. The third kappa shape index (κ3) is 7.09. The van der Waals surface area contributed by atoms with Gasteiger partial charge in [0.2, 0.25) is 0 Å². The molecule has 5 aromatic carbocycles. The first-order valence-corrected chi connectivity index (χ1v) is 15.2. The fourth-order valence-electron chi connectivity index (χ4n) is 5.21. The van der Waals surface area contributed by atoms with E-state index in [0.29, 0.717) is 48.0 Å². The van der Waals surface area contributed by atoms with Crippen LogP contribution in [-0.2, 0) is 9.47 Å². The Kier molecular flexibility index (Phi) is 8.07. The molecule has 2 unspecified atom stereocenters. The molecule has 1 amide bonds. The standard InChI is InChI=1S/C37H33NO7/c1-38(36(39)28-7-5-26-19-31(11-9-24(26)17-28)41-15-13-34-22-43-34)30-3-2-4-33(21-30)45-37(40)29-8-6-27-20-32(12-10-25(27)18-29)42-16-14-35-23-44-35/h2-12,17-21,34-35H,13-16,22-23H2,1H3. The predicted molar refractivity (Wildman–Crippen MR) is 172 cm³/mol. The molecule has 2 atom stereocenters. The molecule has 2 aliphatic heterocycles. The second-order valence-electron chi connectivity index (χ2n) is 11.4. The number of hydrogen-bond donors (Lipinski definition) is 0. The average molecular weight is 604 g/mol. The van der Waals surface area contributed by atoms with Crippen LogP contribution < -0.4 is 19.1 Å². The summed E-state index contributed by atoms with van der Waals surface area (Å²) >= 11 is 0. The number of hydrogen-bond acceptors (Lipinski definition) is 7. The van der Waals surface area contributed by atoms with Gasteiger partial charge in [-0.2, -0.15) is 0 Å². The van der Waals surface area contributed by atoms with Crippen LogP contribution in [-0.4, -0.2) is 57.6 Å². The first-order chi connectivity index (χ1) is 22.0. The molecule has 228 valence electrons. The lowest BCUT2D eigenvalue weighted by molar-refractivity contribution is 0.0735. The van der Waals surface area contributed by atoms with Gasteiger partial charge < -0.3 is 28.6 Å². The number of amides is 1. The third-order valence-corrected chi connectivity index (χ3v) is 8.05. The Bertz CT molecular complexity index is 1880. The second kappa shape index (κ2) is 12.6. The van der Waals surface area contributed by atoms with Gasteiger partial charge in [0.15, 0.2) is 0 Å². The molecule has 0 aromatic heterocycles. The van der Waals surface area contributed by atoms with Gasteiger partial charge in [0.1, 0.15) is 17.2 Å². The average Bonchev–Trinajstić information content (AvgIpc) is 4.01. The van der Waals surface area contributed by atoms with E-state index in [1.54, 1.807) is 48.3 Å². The minimum absolute atomic E-state index is 0.177. The Hall–Kier alpha value is -4.92. The van der Waals surface area contributed by atoms with Crippen LogP contribution in [0.3, 0.4) is 0 Å². The number of carbonyl (C=O) groups is 2. The summed E-state index contributed by atoms with van der Waals surface area (Å²) in [5, 5.41) is 3.81. The van der Waals surface area contributed by atoms with Crippen LogP contribution in [0.25, 0.3) is 21.5 Å². The zero-order valence-corrected chi connectivity index (χ0v) is 24.9. The van der Waals surface area contributed by atoms with E-state index in [-0.39, 0.29) is 5.91 Å². The van der Waals surface area contributed by atoms with Crippen LogP contribution in [0.2, 0.25) is 0 Å². The molecule has 2 aliphatic rings. The minimum Gasteiger partial charge on any atom is -0.493 e. The van der Waals surface area contributed by atoms with Crippen molar-refractivity contribution in [2.24, 2.45) is 0 Å². The highest BCUT2D eigenvalue weighted by atomic mass is 16.6. The largest absolute Gasteiger partial charge is 0.493 e. The molecule has 0 radical (unpaired) electrons. The summed E-state index contributed by atoms with van der Waals surface area (Å²) in [4.78, 5) is 28.0. The summed E-state index contributed by atoms with van der Waals surface area (Å²) in [6.45, 7) is 2.86. The van der Waals surface area contributed by atoms with E-state index in [4.69, 9.17) is 23.7 Å².